The molecule has 6 heteroatoms. The van der Waals surface area contributed by atoms with Crippen LogP contribution in [0.3, 0.4) is 0 Å². The summed E-state index contributed by atoms with van der Waals surface area (Å²) in [7, 11) is 0. The van der Waals surface area contributed by atoms with Crippen molar-refractivity contribution in [1.29, 1.82) is 0 Å². The maximum atomic E-state index is 13.9. The van der Waals surface area contributed by atoms with E-state index in [9.17, 15) is 8.78 Å². The lowest BCUT2D eigenvalue weighted by Gasteiger charge is -2.07. The fourth-order valence-electron chi connectivity index (χ4n) is 1.96. The second-order valence-corrected chi connectivity index (χ2v) is 4.22. The van der Waals surface area contributed by atoms with E-state index in [0.29, 0.717) is 0 Å². The average molecular weight is 306 g/mol. The molecule has 0 spiro atoms. The first-order valence-electron chi connectivity index (χ1n) is 6.61. The van der Waals surface area contributed by atoms with Crippen molar-refractivity contribution in [3.63, 3.8) is 0 Å². The minimum absolute atomic E-state index is 0. The van der Waals surface area contributed by atoms with E-state index in [1.54, 1.807) is 10.7 Å². The van der Waals surface area contributed by atoms with E-state index in [1.165, 1.54) is 18.5 Å². The Morgan fingerprint density at radius 1 is 1.14 bits per heavy atom. The maximum Gasteiger partial charge on any atom is 0.158 e. The Hall–Kier alpha value is -2.50. The van der Waals surface area contributed by atoms with Gasteiger partial charge >= 0.3 is 0 Å². The zero-order valence-corrected chi connectivity index (χ0v) is 12.1. The van der Waals surface area contributed by atoms with Crippen LogP contribution in [0.5, 0.6) is 0 Å². The van der Waals surface area contributed by atoms with Crippen LogP contribution in [0, 0.1) is 18.6 Å². The number of hydrogen-bond donors (Lipinski definition) is 1. The number of nitrogen functional groups attached to an aromatic ring is 1. The molecule has 3 aromatic rings. The fourth-order valence-corrected chi connectivity index (χ4v) is 1.96. The molecule has 0 bridgehead atoms. The molecule has 2 N–H and O–H groups in total. The van der Waals surface area contributed by atoms with Crippen LogP contribution in [0.2, 0.25) is 0 Å². The lowest BCUT2D eigenvalue weighted by Crippen LogP contribution is -1.99. The molecule has 0 aliphatic rings. The molecule has 22 heavy (non-hydrogen) atoms. The number of anilines is 1. The van der Waals surface area contributed by atoms with Gasteiger partial charge in [-0.25, -0.2) is 13.8 Å². The van der Waals surface area contributed by atoms with Gasteiger partial charge in [-0.3, -0.25) is 4.98 Å². The zero-order chi connectivity index (χ0) is 15.6. The molecule has 0 aliphatic carbocycles. The van der Waals surface area contributed by atoms with E-state index in [0.717, 1.165) is 17.3 Å². The molecule has 3 rings (SSSR count). The molecule has 0 radical (unpaired) electrons. The highest BCUT2D eigenvalue weighted by molar-refractivity contribution is 5.67. The highest BCUT2D eigenvalue weighted by atomic mass is 19.1. The highest BCUT2D eigenvalue weighted by Gasteiger charge is 2.16. The van der Waals surface area contributed by atoms with Crippen molar-refractivity contribution in [2.75, 3.05) is 5.73 Å². The third-order valence-electron chi connectivity index (χ3n) is 2.99. The van der Waals surface area contributed by atoms with Crippen LogP contribution in [-0.2, 0) is 0 Å². The molecule has 2 aromatic heterocycles. The average Bonchev–Trinajstić information content (AvgIpc) is 2.87. The molecule has 1 aromatic carbocycles. The number of nitrogens with zero attached hydrogens (tertiary/aromatic N) is 3. The summed E-state index contributed by atoms with van der Waals surface area (Å²) in [5.74, 6) is -1.50. The second-order valence-electron chi connectivity index (χ2n) is 4.22. The monoisotopic (exact) mass is 306 g/mol. The van der Waals surface area contributed by atoms with Crippen molar-refractivity contribution >= 4 is 11.2 Å². The Morgan fingerprint density at radius 3 is 2.50 bits per heavy atom. The lowest BCUT2D eigenvalue weighted by atomic mass is 10.1. The molecule has 0 saturated heterocycles. The van der Waals surface area contributed by atoms with Gasteiger partial charge in [0, 0.05) is 6.20 Å². The Bertz CT molecular complexity index is 781. The minimum atomic E-state index is -0.802. The summed E-state index contributed by atoms with van der Waals surface area (Å²) in [6.45, 7) is 5.83. The Balaban J connectivity index is 0.000000775. The number of aryl methyl sites for hydroxylation is 1. The molecule has 2 heterocycles. The smallest absolute Gasteiger partial charge is 0.158 e. The number of aromatic nitrogens is 3. The van der Waals surface area contributed by atoms with Gasteiger partial charge in [0.25, 0.3) is 0 Å². The molecule has 118 valence electrons. The lowest BCUT2D eigenvalue weighted by molar-refractivity contribution is 0.591. The van der Waals surface area contributed by atoms with Crippen molar-refractivity contribution in [2.24, 2.45) is 0 Å². The van der Waals surface area contributed by atoms with Crippen molar-refractivity contribution < 1.29 is 8.78 Å². The predicted molar refractivity (Wildman–Crippen MR) is 85.6 cm³/mol. The maximum absolute atomic E-state index is 13.9. The van der Waals surface area contributed by atoms with Crippen LogP contribution in [0.25, 0.3) is 16.8 Å². The van der Waals surface area contributed by atoms with Gasteiger partial charge < -0.3 is 10.1 Å². The summed E-state index contributed by atoms with van der Waals surface area (Å²) in [6, 6.07) is 2.31. The number of hydrogen-bond acceptors (Lipinski definition) is 3. The number of halogens is 2. The van der Waals surface area contributed by atoms with Crippen LogP contribution in [0.15, 0.2) is 30.9 Å². The molecule has 0 fully saturated rings. The van der Waals surface area contributed by atoms with E-state index in [2.05, 4.69) is 9.97 Å². The number of imidazole rings is 1. The summed E-state index contributed by atoms with van der Waals surface area (Å²) in [4.78, 5) is 8.18. The summed E-state index contributed by atoms with van der Waals surface area (Å²) in [5, 5.41) is 0. The van der Waals surface area contributed by atoms with E-state index >= 15 is 0 Å². The topological polar surface area (TPSA) is 56.2 Å². The largest absolute Gasteiger partial charge is 0.396 e. The fraction of sp³-hybridized carbons (Fsp3) is 0.250. The first-order valence-corrected chi connectivity index (χ1v) is 6.61. The van der Waals surface area contributed by atoms with Gasteiger partial charge in [0.1, 0.15) is 5.82 Å². The SMILES string of the molecule is C.CC.Cc1ncn2cc(-c3c(F)ccc(N)c3F)ncc12. The third kappa shape index (κ3) is 2.90. The van der Waals surface area contributed by atoms with Crippen LogP contribution >= 0.6 is 0 Å². The minimum Gasteiger partial charge on any atom is -0.396 e. The molecule has 0 atom stereocenters. The van der Waals surface area contributed by atoms with Gasteiger partial charge in [-0.2, -0.15) is 0 Å². The third-order valence-corrected chi connectivity index (χ3v) is 2.99. The first kappa shape index (κ1) is 17.6. The van der Waals surface area contributed by atoms with Gasteiger partial charge in [-0.05, 0) is 19.1 Å². The quantitative estimate of drug-likeness (QED) is 0.685. The van der Waals surface area contributed by atoms with Crippen molar-refractivity contribution in [3.8, 4) is 11.3 Å². The normalized spacial score (nSPS) is 9.86. The summed E-state index contributed by atoms with van der Waals surface area (Å²) in [5.41, 5.74) is 6.87. The summed E-state index contributed by atoms with van der Waals surface area (Å²) in [6.07, 6.45) is 4.62. The number of benzene rings is 1. The van der Waals surface area contributed by atoms with Crippen LogP contribution in [0.1, 0.15) is 27.0 Å². The Labute approximate surface area is 128 Å². The van der Waals surface area contributed by atoms with E-state index in [1.807, 2.05) is 20.8 Å². The molecule has 0 saturated carbocycles. The summed E-state index contributed by atoms with van der Waals surface area (Å²) < 4.78 is 29.4. The highest BCUT2D eigenvalue weighted by Crippen LogP contribution is 2.28. The molecular formula is C16H20F2N4. The van der Waals surface area contributed by atoms with Gasteiger partial charge in [-0.15, -0.1) is 0 Å². The van der Waals surface area contributed by atoms with Crippen molar-refractivity contribution in [1.82, 2.24) is 14.4 Å². The molecular weight excluding hydrogens is 286 g/mol. The molecule has 4 nitrogen and oxygen atoms in total. The summed E-state index contributed by atoms with van der Waals surface area (Å²) >= 11 is 0. The standard InChI is InChI=1S/C13H10F2N4.C2H6.CH4/c1-7-11-4-17-10(5-19(11)6-18-7)12-8(14)2-3-9(16)13(12)15;1-2;/h2-6H,16H2,1H3;1-2H3;1H4. The number of fused-ring (bicyclic) bond motifs is 1. The number of rotatable bonds is 1. The molecule has 0 aliphatic heterocycles. The van der Waals surface area contributed by atoms with Crippen molar-refractivity contribution in [2.45, 2.75) is 28.2 Å². The van der Waals surface area contributed by atoms with E-state index < -0.39 is 11.6 Å². The second kappa shape index (κ2) is 6.98. The van der Waals surface area contributed by atoms with Gasteiger partial charge in [-0.1, -0.05) is 21.3 Å². The van der Waals surface area contributed by atoms with Crippen LogP contribution < -0.4 is 5.73 Å². The van der Waals surface area contributed by atoms with Gasteiger partial charge in [0.05, 0.1) is 40.7 Å². The first-order chi connectivity index (χ1) is 10.1. The zero-order valence-electron chi connectivity index (χ0n) is 12.1. The number of nitrogens with two attached hydrogens (primary N) is 1. The van der Waals surface area contributed by atoms with Gasteiger partial charge in [0.2, 0.25) is 0 Å². The van der Waals surface area contributed by atoms with E-state index in [-0.39, 0.29) is 24.4 Å². The Morgan fingerprint density at radius 2 is 1.82 bits per heavy atom. The van der Waals surface area contributed by atoms with Crippen LogP contribution in [-0.4, -0.2) is 14.4 Å². The van der Waals surface area contributed by atoms with Crippen LogP contribution in [0.4, 0.5) is 14.5 Å². The molecule has 0 amide bonds. The Kier molecular flexibility index (Phi) is 5.56. The predicted octanol–water partition coefficient (Wildman–Crippen LogP) is 4.23. The van der Waals surface area contributed by atoms with Crippen molar-refractivity contribution in [3.05, 3.63) is 48.2 Å². The van der Waals surface area contributed by atoms with E-state index in [4.69, 9.17) is 5.73 Å². The molecule has 0 unspecified atom stereocenters. The van der Waals surface area contributed by atoms with Gasteiger partial charge in [0.15, 0.2) is 5.82 Å².